The fourth-order valence-corrected chi connectivity index (χ4v) is 2.01. The van der Waals surface area contributed by atoms with Crippen molar-refractivity contribution in [3.63, 3.8) is 0 Å². The highest BCUT2D eigenvalue weighted by Crippen LogP contribution is 2.11. The highest BCUT2D eigenvalue weighted by atomic mass is 16.1. The molecule has 112 valence electrons. The average molecular weight is 278 g/mol. The van der Waals surface area contributed by atoms with Crippen LogP contribution in [0.15, 0.2) is 12.4 Å². The van der Waals surface area contributed by atoms with Crippen molar-refractivity contribution in [1.29, 1.82) is 0 Å². The standard InChI is InChI=1S/C15H26N4O/c1-4-7-8-12(5-2)9-18-15(20)13-10-16-11-14(19-13)17-6-3/h10-12H,4-9H2,1-3H3,(H,17,19)(H,18,20). The molecule has 1 heterocycles. The Hall–Kier alpha value is -1.65. The lowest BCUT2D eigenvalue weighted by Gasteiger charge is -2.15. The van der Waals surface area contributed by atoms with Gasteiger partial charge in [0.15, 0.2) is 0 Å². The lowest BCUT2D eigenvalue weighted by molar-refractivity contribution is 0.0940. The van der Waals surface area contributed by atoms with Gasteiger partial charge in [-0.25, -0.2) is 4.98 Å². The number of nitrogens with zero attached hydrogens (tertiary/aromatic N) is 2. The zero-order valence-corrected chi connectivity index (χ0v) is 12.8. The van der Waals surface area contributed by atoms with Crippen LogP contribution in [0.5, 0.6) is 0 Å². The molecule has 1 aromatic rings. The lowest BCUT2D eigenvalue weighted by Crippen LogP contribution is -2.30. The van der Waals surface area contributed by atoms with Crippen molar-refractivity contribution in [1.82, 2.24) is 15.3 Å². The minimum atomic E-state index is -0.146. The summed E-state index contributed by atoms with van der Waals surface area (Å²) in [5.74, 6) is 1.04. The number of rotatable bonds is 9. The van der Waals surface area contributed by atoms with Crippen LogP contribution in [-0.4, -0.2) is 29.0 Å². The molecule has 0 aliphatic heterocycles. The van der Waals surface area contributed by atoms with Crippen LogP contribution in [0.2, 0.25) is 0 Å². The second-order valence-corrected chi connectivity index (χ2v) is 4.95. The molecular formula is C15H26N4O. The van der Waals surface area contributed by atoms with Crippen LogP contribution in [0.25, 0.3) is 0 Å². The number of carbonyl (C=O) groups is 1. The lowest BCUT2D eigenvalue weighted by atomic mass is 9.99. The zero-order valence-electron chi connectivity index (χ0n) is 12.8. The molecule has 20 heavy (non-hydrogen) atoms. The van der Waals surface area contributed by atoms with E-state index in [-0.39, 0.29) is 5.91 Å². The Labute approximate surface area is 121 Å². The van der Waals surface area contributed by atoms with Crippen LogP contribution < -0.4 is 10.6 Å². The summed E-state index contributed by atoms with van der Waals surface area (Å²) in [5, 5.41) is 6.01. The van der Waals surface area contributed by atoms with E-state index in [1.54, 1.807) is 6.20 Å². The molecule has 1 rings (SSSR count). The van der Waals surface area contributed by atoms with Gasteiger partial charge in [0.25, 0.3) is 5.91 Å². The summed E-state index contributed by atoms with van der Waals surface area (Å²) in [4.78, 5) is 20.3. The van der Waals surface area contributed by atoms with E-state index >= 15 is 0 Å². The van der Waals surface area contributed by atoms with Crippen molar-refractivity contribution in [2.75, 3.05) is 18.4 Å². The Morgan fingerprint density at radius 2 is 2.10 bits per heavy atom. The maximum atomic E-state index is 12.1. The first-order valence-corrected chi connectivity index (χ1v) is 7.55. The Balaban J connectivity index is 2.51. The number of hydrogen-bond acceptors (Lipinski definition) is 4. The van der Waals surface area contributed by atoms with Crippen LogP contribution >= 0.6 is 0 Å². The van der Waals surface area contributed by atoms with Crippen molar-refractivity contribution >= 4 is 11.7 Å². The van der Waals surface area contributed by atoms with E-state index in [0.29, 0.717) is 24.0 Å². The number of hydrogen-bond donors (Lipinski definition) is 2. The summed E-state index contributed by atoms with van der Waals surface area (Å²) in [7, 11) is 0. The maximum Gasteiger partial charge on any atom is 0.271 e. The van der Waals surface area contributed by atoms with Gasteiger partial charge in [-0.1, -0.05) is 33.1 Å². The van der Waals surface area contributed by atoms with E-state index < -0.39 is 0 Å². The van der Waals surface area contributed by atoms with E-state index in [4.69, 9.17) is 0 Å². The van der Waals surface area contributed by atoms with Crippen LogP contribution in [0.4, 0.5) is 5.82 Å². The molecule has 0 saturated heterocycles. The number of aromatic nitrogens is 2. The summed E-state index contributed by atoms with van der Waals surface area (Å²) in [6.45, 7) is 7.80. The number of anilines is 1. The minimum Gasteiger partial charge on any atom is -0.369 e. The average Bonchev–Trinajstić information content (AvgIpc) is 2.48. The third-order valence-electron chi connectivity index (χ3n) is 3.32. The number of carbonyl (C=O) groups excluding carboxylic acids is 1. The summed E-state index contributed by atoms with van der Waals surface area (Å²) in [6, 6.07) is 0. The molecule has 1 amide bonds. The largest absolute Gasteiger partial charge is 0.369 e. The highest BCUT2D eigenvalue weighted by molar-refractivity contribution is 5.92. The predicted molar refractivity (Wildman–Crippen MR) is 81.8 cm³/mol. The maximum absolute atomic E-state index is 12.1. The van der Waals surface area contributed by atoms with Gasteiger partial charge < -0.3 is 10.6 Å². The van der Waals surface area contributed by atoms with Gasteiger partial charge in [-0.05, 0) is 19.3 Å². The van der Waals surface area contributed by atoms with Gasteiger partial charge in [-0.15, -0.1) is 0 Å². The van der Waals surface area contributed by atoms with Crippen molar-refractivity contribution in [2.24, 2.45) is 5.92 Å². The van der Waals surface area contributed by atoms with E-state index in [1.807, 2.05) is 6.92 Å². The van der Waals surface area contributed by atoms with Crippen LogP contribution in [-0.2, 0) is 0 Å². The molecule has 2 N–H and O–H groups in total. The Morgan fingerprint density at radius 1 is 1.30 bits per heavy atom. The molecule has 0 spiro atoms. The van der Waals surface area contributed by atoms with Crippen molar-refractivity contribution in [3.05, 3.63) is 18.1 Å². The van der Waals surface area contributed by atoms with Crippen LogP contribution in [0.1, 0.15) is 56.9 Å². The van der Waals surface area contributed by atoms with Gasteiger partial charge in [-0.2, -0.15) is 0 Å². The van der Waals surface area contributed by atoms with Crippen molar-refractivity contribution in [3.8, 4) is 0 Å². The third-order valence-corrected chi connectivity index (χ3v) is 3.32. The molecule has 0 saturated carbocycles. The molecule has 0 bridgehead atoms. The van der Waals surface area contributed by atoms with E-state index in [2.05, 4.69) is 34.4 Å². The van der Waals surface area contributed by atoms with Gasteiger partial charge in [0, 0.05) is 13.1 Å². The zero-order chi connectivity index (χ0) is 14.8. The van der Waals surface area contributed by atoms with Gasteiger partial charge in [0.05, 0.1) is 12.4 Å². The summed E-state index contributed by atoms with van der Waals surface area (Å²) < 4.78 is 0. The second kappa shape index (κ2) is 9.28. The monoisotopic (exact) mass is 278 g/mol. The molecule has 5 heteroatoms. The first kappa shape index (κ1) is 16.4. The van der Waals surface area contributed by atoms with E-state index in [0.717, 1.165) is 19.4 Å². The second-order valence-electron chi connectivity index (χ2n) is 4.95. The highest BCUT2D eigenvalue weighted by Gasteiger charge is 2.11. The normalized spacial score (nSPS) is 11.9. The molecule has 1 aromatic heterocycles. The summed E-state index contributed by atoms with van der Waals surface area (Å²) >= 11 is 0. The molecule has 0 aromatic carbocycles. The Bertz CT molecular complexity index is 409. The number of amides is 1. The fraction of sp³-hybridized carbons (Fsp3) is 0.667. The predicted octanol–water partition coefficient (Wildman–Crippen LogP) is 2.85. The SMILES string of the molecule is CCCCC(CC)CNC(=O)c1cncc(NCC)n1. The molecule has 0 aliphatic carbocycles. The summed E-state index contributed by atoms with van der Waals surface area (Å²) in [6.07, 6.45) is 7.78. The molecule has 0 aliphatic rings. The third kappa shape index (κ3) is 5.55. The Morgan fingerprint density at radius 3 is 2.75 bits per heavy atom. The minimum absolute atomic E-state index is 0.146. The number of nitrogens with one attached hydrogen (secondary N) is 2. The van der Waals surface area contributed by atoms with Crippen LogP contribution in [0.3, 0.4) is 0 Å². The van der Waals surface area contributed by atoms with Crippen LogP contribution in [0, 0.1) is 5.92 Å². The van der Waals surface area contributed by atoms with Gasteiger partial charge in [0.1, 0.15) is 11.5 Å². The summed E-state index contributed by atoms with van der Waals surface area (Å²) in [5.41, 5.74) is 0.369. The van der Waals surface area contributed by atoms with Crippen molar-refractivity contribution < 1.29 is 4.79 Å². The van der Waals surface area contributed by atoms with Gasteiger partial charge in [-0.3, -0.25) is 9.78 Å². The first-order valence-electron chi connectivity index (χ1n) is 7.55. The molecule has 0 fully saturated rings. The van der Waals surface area contributed by atoms with E-state index in [1.165, 1.54) is 19.0 Å². The fourth-order valence-electron chi connectivity index (χ4n) is 2.01. The molecule has 1 atom stereocenters. The smallest absolute Gasteiger partial charge is 0.271 e. The molecular weight excluding hydrogens is 252 g/mol. The molecule has 5 nitrogen and oxygen atoms in total. The first-order chi connectivity index (χ1) is 9.71. The Kier molecular flexibility index (Phi) is 7.62. The quantitative estimate of drug-likeness (QED) is 0.729. The van der Waals surface area contributed by atoms with Gasteiger partial charge >= 0.3 is 0 Å². The molecule has 0 radical (unpaired) electrons. The van der Waals surface area contributed by atoms with Crippen molar-refractivity contribution in [2.45, 2.75) is 46.5 Å². The number of unbranched alkanes of at least 4 members (excludes halogenated alkanes) is 1. The van der Waals surface area contributed by atoms with Gasteiger partial charge in [0.2, 0.25) is 0 Å². The molecule has 1 unspecified atom stereocenters. The van der Waals surface area contributed by atoms with E-state index in [9.17, 15) is 4.79 Å². The topological polar surface area (TPSA) is 66.9 Å².